The second-order valence-electron chi connectivity index (χ2n) is 29.6. The van der Waals surface area contributed by atoms with Crippen LogP contribution in [-0.4, -0.2) is 334 Å². The number of nitrogens with zero attached hydrogens (tertiary/aromatic N) is 6. The third-order valence-electron chi connectivity index (χ3n) is 19.8. The zero-order chi connectivity index (χ0) is 90.6. The highest BCUT2D eigenvalue weighted by molar-refractivity contribution is 7.82. The summed E-state index contributed by atoms with van der Waals surface area (Å²) >= 11 is 12.9. The molecule has 2 aliphatic rings. The van der Waals surface area contributed by atoms with Crippen LogP contribution in [0.2, 0.25) is 0 Å². The van der Waals surface area contributed by atoms with Crippen LogP contribution in [0.15, 0.2) is 73.3 Å². The number of H-pyrrole nitrogens is 2. The summed E-state index contributed by atoms with van der Waals surface area (Å²) in [6.45, 7) is 2.19. The highest BCUT2D eigenvalue weighted by atomic mass is 32.1. The lowest BCUT2D eigenvalue weighted by atomic mass is 10.0. The highest BCUT2D eigenvalue weighted by Gasteiger charge is 2.41. The van der Waals surface area contributed by atoms with Crippen LogP contribution in [0.1, 0.15) is 82.0 Å². The minimum absolute atomic E-state index is 0.00812. The van der Waals surface area contributed by atoms with Gasteiger partial charge in [-0.15, -0.1) is 37.9 Å². The van der Waals surface area contributed by atoms with Gasteiger partial charge in [-0.2, -0.15) is 0 Å². The summed E-state index contributed by atoms with van der Waals surface area (Å²) in [4.78, 5) is 235. The van der Waals surface area contributed by atoms with Gasteiger partial charge in [-0.3, -0.25) is 102 Å². The predicted octanol–water partition coefficient (Wildman–Crippen LogP) is -5.97. The van der Waals surface area contributed by atoms with Gasteiger partial charge in [-0.1, -0.05) is 62.4 Å². The number of hydrogen-bond donors (Lipinski definition) is 26. The minimum atomic E-state index is -1.85. The van der Waals surface area contributed by atoms with Crippen molar-refractivity contribution in [2.45, 2.75) is 149 Å². The van der Waals surface area contributed by atoms with E-state index in [1.165, 1.54) is 27.2 Å². The number of aromatic amines is 2. The third kappa shape index (κ3) is 34.9. The number of aromatic nitrogens is 3. The number of carbonyl (C=O) groups excluding carboxylic acids is 11. The van der Waals surface area contributed by atoms with Crippen molar-refractivity contribution in [3.63, 3.8) is 0 Å². The summed E-state index contributed by atoms with van der Waals surface area (Å²) in [6.07, 6.45) is 2.03. The molecule has 0 aliphatic carbocycles. The molecule has 45 nitrogen and oxygen atoms in total. The smallest absolute Gasteiger partial charge is 0.326 e. The van der Waals surface area contributed by atoms with E-state index in [9.17, 15) is 87.9 Å². The normalized spacial score (nSPS) is 16.8. The number of amides is 11. The van der Waals surface area contributed by atoms with Crippen molar-refractivity contribution in [2.75, 3.05) is 98.2 Å². The topological polar surface area (TPSA) is 679 Å². The van der Waals surface area contributed by atoms with Gasteiger partial charge in [0.05, 0.1) is 32.5 Å². The molecule has 4 heterocycles. The maximum Gasteiger partial charge on any atom is 0.326 e. The molecule has 25 N–H and O–H groups in total. The quantitative estimate of drug-likeness (QED) is 0.00644. The number of hydrogen-bond acceptors (Lipinski definition) is 26. The highest BCUT2D eigenvalue weighted by Crippen LogP contribution is 2.23. The second kappa shape index (κ2) is 50.5. The standard InChI is InChI=1S/C75H110N24O21S3/c1-41(2)59(73(119)120)92-65(114)53-17-10-22-99(53)72(118)49(16-9-21-82-75(78)79)87-67(116)70(122)93-64(113)51(32-43-34-83-46-14-7-6-13-45(43)46)89-60(109)47(15-8-20-81-74(76)77)85-62(111)50(31-42-11-4-3-5-12-42)88-63(112)52(33-44-35-80-40-84-44)90-61(110)48(18-19-55(101)102)86-66(115)71(123)94-68(117)69(121)91-54(100)36-95-23-25-96(37-56(103)104)27-29-98(39-58(107)108)30-28-97(26-24-95)38-57(105)106/h3-7,11-14,34-35,40-41,47-53,59,69-71,83,121-123H,8-10,15-33,36-39H2,1-2H3,(H,80,84)(H,85,111)(H,86,115)(H,87,116)(H,88,112)(H,89,109)(H,90,110)(H,91,100)(H,92,114)(H,93,113)(H,94,117)(H,101,102)(H,103,104)(H,105,106)(H,107,108)(H,119,120)(H4,76,77,81)(H4,78,79,82)/t47?,48?,49?,50-,51?,52?,53?,59?,69?,70?,71?/m0/s1. The minimum Gasteiger partial charge on any atom is -0.481 e. The number of likely N-dealkylation sites (tertiary alicyclic amines) is 1. The molecule has 10 unspecified atom stereocenters. The van der Waals surface area contributed by atoms with E-state index in [1.54, 1.807) is 84.4 Å². The molecule has 0 bridgehead atoms. The number of nitrogens with two attached hydrogens (primary N) is 2. The Labute approximate surface area is 722 Å². The van der Waals surface area contributed by atoms with Gasteiger partial charge in [0.15, 0.2) is 28.0 Å². The Morgan fingerprint density at radius 1 is 0.488 bits per heavy atom. The number of carboxylic acids is 5. The maximum atomic E-state index is 15.2. The van der Waals surface area contributed by atoms with Crippen LogP contribution >= 0.6 is 37.9 Å². The summed E-state index contributed by atoms with van der Waals surface area (Å²) in [5.41, 5.74) is 12.9. The van der Waals surface area contributed by atoms with E-state index in [0.29, 0.717) is 28.5 Å². The molecule has 6 rings (SSSR count). The van der Waals surface area contributed by atoms with Crippen molar-refractivity contribution in [3.05, 3.63) is 90.1 Å². The van der Waals surface area contributed by atoms with Crippen molar-refractivity contribution in [1.82, 2.24) is 103 Å². The first-order chi connectivity index (χ1) is 58.3. The number of carboxylic acid groups (broad SMARTS) is 5. The summed E-state index contributed by atoms with van der Waals surface area (Å²) in [6, 6.07) is 2.96. The number of imidazole rings is 1. The Bertz CT molecular complexity index is 4310. The fraction of sp³-hybridized carbons (Fsp3) is 0.533. The molecule has 123 heavy (non-hydrogen) atoms. The molecule has 2 aromatic carbocycles. The van der Waals surface area contributed by atoms with Gasteiger partial charge in [0, 0.05) is 127 Å². The maximum absolute atomic E-state index is 15.2. The number of rotatable bonds is 47. The lowest BCUT2D eigenvalue weighted by molar-refractivity contribution is -0.146. The average molecular weight is 1780 g/mol. The van der Waals surface area contributed by atoms with Gasteiger partial charge in [-0.05, 0) is 68.1 Å². The number of nitrogens with one attached hydrogen (secondary N) is 16. The largest absolute Gasteiger partial charge is 0.481 e. The molecule has 0 saturated carbocycles. The first-order valence-electron chi connectivity index (χ1n) is 39.4. The number of aliphatic carboxylic acids is 5. The molecule has 11 amide bonds. The molecule has 48 heteroatoms. The van der Waals surface area contributed by atoms with E-state index in [-0.39, 0.29) is 135 Å². The SMILES string of the molecule is CC(C)C(NC(=O)C1CCCN1C(=O)C(CCCNC(=N)N)NC(=O)C(S)NC(=O)C(Cc1c[nH]c2ccccc12)NC(=O)C(CCCNC(=N)N)NC(=O)[C@H](Cc1ccccc1)NC(=O)C(Cc1cnc[nH]1)NC(=O)C(CCC(=O)O)NC(=O)C(S)NC(=O)C(S)NC(=O)CN1CCN(CC(=O)O)CCN(CC(=O)O)CCN(CC(=O)O)CC1)C(=O)O. The molecule has 11 atom stereocenters. The molecular weight excluding hydrogens is 1670 g/mol. The van der Waals surface area contributed by atoms with Crippen LogP contribution in [0.4, 0.5) is 0 Å². The zero-order valence-electron chi connectivity index (χ0n) is 67.7. The Kier molecular flexibility index (Phi) is 41.1. The fourth-order valence-electron chi connectivity index (χ4n) is 13.4. The van der Waals surface area contributed by atoms with E-state index in [2.05, 4.69) is 117 Å². The fourth-order valence-corrected chi connectivity index (χ4v) is 14.0. The number of benzene rings is 2. The number of guanidine groups is 2. The predicted molar refractivity (Wildman–Crippen MR) is 452 cm³/mol. The van der Waals surface area contributed by atoms with E-state index in [1.807, 2.05) is 0 Å². The lowest BCUT2D eigenvalue weighted by Crippen LogP contribution is -2.61. The molecular formula is C75H110N24O21S3. The van der Waals surface area contributed by atoms with Crippen LogP contribution in [0.25, 0.3) is 10.9 Å². The van der Waals surface area contributed by atoms with Gasteiger partial charge < -0.3 is 116 Å². The second-order valence-corrected chi connectivity index (χ2v) is 31.2. The number of para-hydroxylation sites is 1. The van der Waals surface area contributed by atoms with Crippen LogP contribution in [0.3, 0.4) is 0 Å². The first kappa shape index (κ1) is 100.0. The van der Waals surface area contributed by atoms with Crippen molar-refractivity contribution in [2.24, 2.45) is 17.4 Å². The van der Waals surface area contributed by atoms with Gasteiger partial charge in [0.25, 0.3) is 17.7 Å². The van der Waals surface area contributed by atoms with Crippen LogP contribution in [0.5, 0.6) is 0 Å². The van der Waals surface area contributed by atoms with Gasteiger partial charge >= 0.3 is 29.8 Å². The average Bonchev–Trinajstić information content (AvgIpc) is 1.71. The molecule has 4 aromatic rings. The van der Waals surface area contributed by atoms with Crippen molar-refractivity contribution in [1.29, 1.82) is 10.8 Å². The monoisotopic (exact) mass is 1780 g/mol. The Hall–Kier alpha value is -11.9. The zero-order valence-corrected chi connectivity index (χ0v) is 70.4. The van der Waals surface area contributed by atoms with E-state index >= 15 is 14.4 Å². The molecule has 674 valence electrons. The molecule has 0 spiro atoms. The molecule has 2 saturated heterocycles. The molecule has 2 fully saturated rings. The first-order valence-corrected chi connectivity index (χ1v) is 41.0. The molecule has 2 aromatic heterocycles. The summed E-state index contributed by atoms with van der Waals surface area (Å²) in [5.74, 6) is -18.5. The Morgan fingerprint density at radius 2 is 0.919 bits per heavy atom. The van der Waals surface area contributed by atoms with Crippen molar-refractivity contribution in [3.8, 4) is 0 Å². The van der Waals surface area contributed by atoms with Crippen LogP contribution in [0, 0.1) is 16.7 Å². The Morgan fingerprint density at radius 3 is 1.41 bits per heavy atom. The van der Waals surface area contributed by atoms with Gasteiger partial charge in [-0.25, -0.2) is 9.78 Å². The van der Waals surface area contributed by atoms with Gasteiger partial charge in [0.1, 0.15) is 48.3 Å². The number of carbonyl (C=O) groups is 16. The van der Waals surface area contributed by atoms with Crippen LogP contribution < -0.4 is 75.3 Å². The van der Waals surface area contributed by atoms with E-state index in [4.69, 9.17) is 22.3 Å². The Balaban J connectivity index is 1.21. The number of thiol groups is 3. The van der Waals surface area contributed by atoms with Gasteiger partial charge in [0.2, 0.25) is 47.3 Å². The van der Waals surface area contributed by atoms with E-state index < -0.39 is 210 Å². The number of fused-ring (bicyclic) bond motifs is 1. The summed E-state index contributed by atoms with van der Waals surface area (Å²) in [5, 5.41) is 89.5. The summed E-state index contributed by atoms with van der Waals surface area (Å²) < 4.78 is 0. The van der Waals surface area contributed by atoms with Crippen molar-refractivity contribution >= 4 is 156 Å². The molecule has 2 aliphatic heterocycles. The summed E-state index contributed by atoms with van der Waals surface area (Å²) in [7, 11) is 0. The molecule has 0 radical (unpaired) electrons. The van der Waals surface area contributed by atoms with E-state index in [0.717, 1.165) is 0 Å². The third-order valence-corrected chi connectivity index (χ3v) is 20.9. The van der Waals surface area contributed by atoms with Crippen LogP contribution in [-0.2, 0) is 96.0 Å². The lowest BCUT2D eigenvalue weighted by Gasteiger charge is -2.33. The van der Waals surface area contributed by atoms with Crippen molar-refractivity contribution < 1.29 is 102 Å².